The monoisotopic (exact) mass is 294 g/mol. The lowest BCUT2D eigenvalue weighted by Gasteiger charge is -2.28. The van der Waals surface area contributed by atoms with Crippen molar-refractivity contribution in [2.24, 2.45) is 17.8 Å². The molecular weight excluding hydrogens is 274 g/mol. The maximum absolute atomic E-state index is 13.5. The summed E-state index contributed by atoms with van der Waals surface area (Å²) in [7, 11) is 0. The van der Waals surface area contributed by atoms with E-state index in [2.05, 4.69) is 10.6 Å². The Labute approximate surface area is 123 Å². The van der Waals surface area contributed by atoms with Gasteiger partial charge in [-0.05, 0) is 56.1 Å². The topological polar surface area (TPSA) is 41.1 Å². The van der Waals surface area contributed by atoms with Crippen LogP contribution in [0.5, 0.6) is 0 Å². The van der Waals surface area contributed by atoms with Gasteiger partial charge >= 0.3 is 6.03 Å². The van der Waals surface area contributed by atoms with Crippen molar-refractivity contribution in [1.29, 1.82) is 0 Å². The molecule has 0 heterocycles. The van der Waals surface area contributed by atoms with Crippen LogP contribution >= 0.6 is 0 Å². The number of carbonyl (C=O) groups excluding carboxylic acids is 1. The molecule has 2 fully saturated rings. The summed E-state index contributed by atoms with van der Waals surface area (Å²) in [5.41, 5.74) is -0.00552. The summed E-state index contributed by atoms with van der Waals surface area (Å²) in [6.07, 6.45) is 5.04. The van der Waals surface area contributed by atoms with Gasteiger partial charge in [0, 0.05) is 12.1 Å². The summed E-state index contributed by atoms with van der Waals surface area (Å²) in [6, 6.07) is 2.75. The minimum atomic E-state index is -0.766. The first kappa shape index (κ1) is 14.3. The molecule has 3 nitrogen and oxygen atoms in total. The number of hydrogen-bond donors (Lipinski definition) is 2. The molecule has 4 atom stereocenters. The van der Waals surface area contributed by atoms with Crippen LogP contribution in [0.1, 0.15) is 32.6 Å². The molecule has 0 radical (unpaired) electrons. The van der Waals surface area contributed by atoms with Crippen LogP contribution < -0.4 is 10.6 Å². The van der Waals surface area contributed by atoms with Crippen molar-refractivity contribution in [3.63, 3.8) is 0 Å². The van der Waals surface area contributed by atoms with E-state index in [1.54, 1.807) is 0 Å². The van der Waals surface area contributed by atoms with Crippen LogP contribution in [0, 0.1) is 29.4 Å². The number of urea groups is 1. The summed E-state index contributed by atoms with van der Waals surface area (Å²) in [4.78, 5) is 11.9. The van der Waals surface area contributed by atoms with Gasteiger partial charge in [0.25, 0.3) is 0 Å². The van der Waals surface area contributed by atoms with Gasteiger partial charge in [-0.1, -0.05) is 6.42 Å². The van der Waals surface area contributed by atoms with E-state index < -0.39 is 17.7 Å². The molecule has 114 valence electrons. The molecule has 1 aromatic rings. The van der Waals surface area contributed by atoms with E-state index in [0.29, 0.717) is 11.8 Å². The summed E-state index contributed by atoms with van der Waals surface area (Å²) in [5, 5.41) is 5.33. The molecule has 2 bridgehead atoms. The Morgan fingerprint density at radius 3 is 2.71 bits per heavy atom. The van der Waals surface area contributed by atoms with Crippen molar-refractivity contribution in [1.82, 2.24) is 5.32 Å². The van der Waals surface area contributed by atoms with Crippen molar-refractivity contribution in [2.45, 2.75) is 38.6 Å². The van der Waals surface area contributed by atoms with Crippen molar-refractivity contribution < 1.29 is 13.6 Å². The molecule has 3 rings (SSSR count). The zero-order chi connectivity index (χ0) is 15.0. The fourth-order valence-corrected chi connectivity index (χ4v) is 3.97. The Hall–Kier alpha value is -1.65. The third-order valence-corrected chi connectivity index (χ3v) is 4.97. The fraction of sp³-hybridized carbons (Fsp3) is 0.562. The van der Waals surface area contributed by atoms with E-state index in [9.17, 15) is 13.6 Å². The molecule has 0 spiro atoms. The van der Waals surface area contributed by atoms with Crippen LogP contribution in [-0.4, -0.2) is 12.1 Å². The van der Waals surface area contributed by atoms with Gasteiger partial charge in [0.05, 0.1) is 5.69 Å². The van der Waals surface area contributed by atoms with Gasteiger partial charge < -0.3 is 10.6 Å². The highest BCUT2D eigenvalue weighted by Crippen LogP contribution is 2.49. The van der Waals surface area contributed by atoms with Crippen LogP contribution in [0.15, 0.2) is 18.2 Å². The van der Waals surface area contributed by atoms with Crippen LogP contribution in [-0.2, 0) is 0 Å². The molecule has 2 N–H and O–H groups in total. The lowest BCUT2D eigenvalue weighted by molar-refractivity contribution is 0.230. The SMILES string of the molecule is C[C@@H](NC(=O)Nc1ccc(F)cc1F)[C@H]1C[C@@H]2CC[C@@H]1C2. The molecule has 2 amide bonds. The standard InChI is InChI=1S/C16H20F2N2O/c1-9(13-7-10-2-3-11(13)6-10)19-16(21)20-15-5-4-12(17)8-14(15)18/h4-5,8-11,13H,2-3,6-7H2,1H3,(H2,19,20,21)/t9-,10-,11-,13-/m1/s1. The number of hydrogen-bond acceptors (Lipinski definition) is 1. The quantitative estimate of drug-likeness (QED) is 0.872. The number of anilines is 1. The van der Waals surface area contributed by atoms with Crippen LogP contribution in [0.3, 0.4) is 0 Å². The van der Waals surface area contributed by atoms with Gasteiger partial charge in [-0.25, -0.2) is 13.6 Å². The smallest absolute Gasteiger partial charge is 0.319 e. The van der Waals surface area contributed by atoms with Crippen molar-refractivity contribution in [2.75, 3.05) is 5.32 Å². The normalized spacial score (nSPS) is 28.4. The highest BCUT2D eigenvalue weighted by Gasteiger charge is 2.42. The lowest BCUT2D eigenvalue weighted by atomic mass is 9.84. The molecule has 0 saturated heterocycles. The maximum atomic E-state index is 13.5. The third kappa shape index (κ3) is 3.01. The number of nitrogens with one attached hydrogen (secondary N) is 2. The second-order valence-corrected chi connectivity index (χ2v) is 6.35. The Bertz CT molecular complexity index is 549. The van der Waals surface area contributed by atoms with E-state index in [-0.39, 0.29) is 11.7 Å². The van der Waals surface area contributed by atoms with Crippen molar-refractivity contribution in [3.8, 4) is 0 Å². The van der Waals surface area contributed by atoms with Crippen molar-refractivity contribution >= 4 is 11.7 Å². The lowest BCUT2D eigenvalue weighted by Crippen LogP contribution is -2.42. The van der Waals surface area contributed by atoms with Gasteiger partial charge in [-0.15, -0.1) is 0 Å². The molecule has 0 unspecified atom stereocenters. The Kier molecular flexibility index (Phi) is 3.83. The van der Waals surface area contributed by atoms with Crippen LogP contribution in [0.4, 0.5) is 19.3 Å². The minimum absolute atomic E-state index is 0.00552. The summed E-state index contributed by atoms with van der Waals surface area (Å²) in [6.45, 7) is 2.01. The maximum Gasteiger partial charge on any atom is 0.319 e. The third-order valence-electron chi connectivity index (χ3n) is 4.97. The number of rotatable bonds is 3. The first-order valence-corrected chi connectivity index (χ1v) is 7.55. The van der Waals surface area contributed by atoms with Crippen molar-refractivity contribution in [3.05, 3.63) is 29.8 Å². The molecule has 0 aromatic heterocycles. The van der Waals surface area contributed by atoms with Crippen LogP contribution in [0.2, 0.25) is 0 Å². The first-order chi connectivity index (χ1) is 10.0. The number of benzene rings is 1. The number of fused-ring (bicyclic) bond motifs is 2. The number of halogens is 2. The minimum Gasteiger partial charge on any atom is -0.335 e. The molecule has 2 saturated carbocycles. The van der Waals surface area contributed by atoms with Gasteiger partial charge in [0.15, 0.2) is 0 Å². The zero-order valence-electron chi connectivity index (χ0n) is 12.0. The van der Waals surface area contributed by atoms with E-state index in [1.807, 2.05) is 6.92 Å². The molecule has 2 aliphatic carbocycles. The summed E-state index contributed by atoms with van der Waals surface area (Å²) < 4.78 is 26.3. The zero-order valence-corrected chi connectivity index (χ0v) is 12.0. The Morgan fingerprint density at radius 1 is 1.29 bits per heavy atom. The van der Waals surface area contributed by atoms with E-state index in [1.165, 1.54) is 31.7 Å². The van der Waals surface area contributed by atoms with E-state index in [4.69, 9.17) is 0 Å². The van der Waals surface area contributed by atoms with Gasteiger partial charge in [0.1, 0.15) is 11.6 Å². The van der Waals surface area contributed by atoms with E-state index in [0.717, 1.165) is 18.1 Å². The molecular formula is C16H20F2N2O. The summed E-state index contributed by atoms with van der Waals surface area (Å²) in [5.74, 6) is 0.633. The molecule has 21 heavy (non-hydrogen) atoms. The van der Waals surface area contributed by atoms with Gasteiger partial charge in [-0.3, -0.25) is 0 Å². The fourth-order valence-electron chi connectivity index (χ4n) is 3.97. The van der Waals surface area contributed by atoms with Gasteiger partial charge in [0.2, 0.25) is 0 Å². The molecule has 5 heteroatoms. The molecule has 0 aliphatic heterocycles. The summed E-state index contributed by atoms with van der Waals surface area (Å²) >= 11 is 0. The average Bonchev–Trinajstić information content (AvgIpc) is 3.04. The largest absolute Gasteiger partial charge is 0.335 e. The van der Waals surface area contributed by atoms with Gasteiger partial charge in [-0.2, -0.15) is 0 Å². The Balaban J connectivity index is 1.56. The highest BCUT2D eigenvalue weighted by molar-refractivity contribution is 5.89. The van der Waals surface area contributed by atoms with Crippen LogP contribution in [0.25, 0.3) is 0 Å². The second-order valence-electron chi connectivity index (χ2n) is 6.35. The predicted octanol–water partition coefficient (Wildman–Crippen LogP) is 3.91. The second kappa shape index (κ2) is 5.62. The molecule has 2 aliphatic rings. The molecule has 1 aromatic carbocycles. The average molecular weight is 294 g/mol. The highest BCUT2D eigenvalue weighted by atomic mass is 19.1. The Morgan fingerprint density at radius 2 is 2.10 bits per heavy atom. The first-order valence-electron chi connectivity index (χ1n) is 7.55. The van der Waals surface area contributed by atoms with E-state index >= 15 is 0 Å². The number of amides is 2. The predicted molar refractivity (Wildman–Crippen MR) is 76.9 cm³/mol. The number of carbonyl (C=O) groups is 1.